The van der Waals surface area contributed by atoms with Crippen LogP contribution in [0.15, 0.2) is 91.0 Å². The van der Waals surface area contributed by atoms with Crippen molar-refractivity contribution in [3.8, 4) is 0 Å². The second-order valence-corrected chi connectivity index (χ2v) is 11.8. The number of nitrogens with zero attached hydrogens (tertiary/aromatic N) is 2. The number of aliphatic carboxylic acids is 1. The number of carbonyl (C=O) groups excluding carboxylic acids is 3. The highest BCUT2D eigenvalue weighted by Gasteiger charge is 2.49. The second-order valence-electron chi connectivity index (χ2n) is 11.8. The Kier molecular flexibility index (Phi) is 10.2. The molecule has 0 aromatic heterocycles. The van der Waals surface area contributed by atoms with Crippen molar-refractivity contribution >= 4 is 24.1 Å². The molecule has 1 saturated heterocycles. The lowest BCUT2D eigenvalue weighted by molar-refractivity contribution is -0.155. The van der Waals surface area contributed by atoms with E-state index in [0.717, 1.165) is 21.6 Å². The largest absolute Gasteiger partial charge is 0.481 e. The molecule has 1 aliphatic heterocycles. The standard InChI is InChI=1S/C34H38N2O7/c1-34(2,3)29(31(38)39)28(30(37)36-27(23-43-33(36)41)19-24-13-7-4-8-14-24)21-35(20-25-15-9-5-10-16-25)32(40)42-22-26-17-11-6-12-18-26/h4-18,27-29H,19-23H2,1-3H3,(H,38,39)/t27-,28+,29?/m1/s1. The van der Waals surface area contributed by atoms with Gasteiger partial charge in [0.25, 0.3) is 0 Å². The van der Waals surface area contributed by atoms with Crippen LogP contribution in [-0.4, -0.2) is 58.2 Å². The molecule has 0 radical (unpaired) electrons. The van der Waals surface area contributed by atoms with Crippen LogP contribution in [0.1, 0.15) is 37.5 Å². The first-order valence-corrected chi connectivity index (χ1v) is 14.3. The Balaban J connectivity index is 1.67. The van der Waals surface area contributed by atoms with Crippen LogP contribution in [0.3, 0.4) is 0 Å². The van der Waals surface area contributed by atoms with E-state index in [0.29, 0.717) is 6.42 Å². The molecule has 4 rings (SSSR count). The number of carbonyl (C=O) groups is 4. The second kappa shape index (κ2) is 14.0. The summed E-state index contributed by atoms with van der Waals surface area (Å²) < 4.78 is 10.9. The molecule has 9 heteroatoms. The van der Waals surface area contributed by atoms with Gasteiger partial charge in [-0.15, -0.1) is 0 Å². The van der Waals surface area contributed by atoms with Crippen molar-refractivity contribution in [1.29, 1.82) is 0 Å². The predicted molar refractivity (Wildman–Crippen MR) is 160 cm³/mol. The van der Waals surface area contributed by atoms with E-state index in [1.54, 1.807) is 20.8 Å². The first-order chi connectivity index (χ1) is 20.5. The van der Waals surface area contributed by atoms with Crippen LogP contribution in [0.2, 0.25) is 0 Å². The van der Waals surface area contributed by atoms with E-state index < -0.39 is 47.4 Å². The van der Waals surface area contributed by atoms with Gasteiger partial charge < -0.3 is 19.5 Å². The first-order valence-electron chi connectivity index (χ1n) is 14.3. The molecule has 0 bridgehead atoms. The summed E-state index contributed by atoms with van der Waals surface area (Å²) in [4.78, 5) is 56.0. The number of hydrogen-bond donors (Lipinski definition) is 1. The van der Waals surface area contributed by atoms with Gasteiger partial charge in [0.05, 0.1) is 17.9 Å². The van der Waals surface area contributed by atoms with E-state index >= 15 is 0 Å². The maximum absolute atomic E-state index is 14.3. The molecule has 0 aliphatic carbocycles. The van der Waals surface area contributed by atoms with E-state index in [1.165, 1.54) is 4.90 Å². The minimum atomic E-state index is -1.27. The topological polar surface area (TPSA) is 113 Å². The molecular weight excluding hydrogens is 548 g/mol. The van der Waals surface area contributed by atoms with Crippen molar-refractivity contribution in [3.63, 3.8) is 0 Å². The van der Waals surface area contributed by atoms with Gasteiger partial charge in [-0.2, -0.15) is 0 Å². The number of amides is 3. The molecule has 3 aromatic carbocycles. The molecule has 1 heterocycles. The number of rotatable bonds is 11. The van der Waals surface area contributed by atoms with Crippen LogP contribution in [0.25, 0.3) is 0 Å². The highest BCUT2D eigenvalue weighted by molar-refractivity contribution is 5.97. The van der Waals surface area contributed by atoms with Gasteiger partial charge in [0.1, 0.15) is 13.2 Å². The van der Waals surface area contributed by atoms with Crippen LogP contribution in [0.4, 0.5) is 9.59 Å². The molecule has 1 fully saturated rings. The van der Waals surface area contributed by atoms with E-state index in [-0.39, 0.29) is 26.3 Å². The molecular formula is C34H38N2O7. The number of cyclic esters (lactones) is 1. The average molecular weight is 587 g/mol. The molecule has 3 atom stereocenters. The molecule has 43 heavy (non-hydrogen) atoms. The fourth-order valence-corrected chi connectivity index (χ4v) is 5.47. The van der Waals surface area contributed by atoms with Crippen molar-refractivity contribution in [2.24, 2.45) is 17.3 Å². The lowest BCUT2D eigenvalue weighted by Crippen LogP contribution is -2.53. The summed E-state index contributed by atoms with van der Waals surface area (Å²) in [6, 6.07) is 27.1. The maximum Gasteiger partial charge on any atom is 0.416 e. The Morgan fingerprint density at radius 2 is 1.44 bits per heavy atom. The zero-order valence-corrected chi connectivity index (χ0v) is 24.7. The van der Waals surface area contributed by atoms with Crippen LogP contribution in [0.5, 0.6) is 0 Å². The summed E-state index contributed by atoms with van der Waals surface area (Å²) in [6.45, 7) is 4.97. The number of benzene rings is 3. The minimum absolute atomic E-state index is 0.00278. The van der Waals surface area contributed by atoms with Gasteiger partial charge in [0, 0.05) is 13.1 Å². The molecule has 0 spiro atoms. The number of hydrogen-bond acceptors (Lipinski definition) is 6. The van der Waals surface area contributed by atoms with E-state index in [9.17, 15) is 24.3 Å². The minimum Gasteiger partial charge on any atom is -0.481 e. The molecule has 3 aromatic rings. The van der Waals surface area contributed by atoms with Gasteiger partial charge in [0.15, 0.2) is 0 Å². The van der Waals surface area contributed by atoms with Gasteiger partial charge in [-0.05, 0) is 28.5 Å². The third-order valence-corrected chi connectivity index (χ3v) is 7.53. The molecule has 1 aliphatic rings. The third-order valence-electron chi connectivity index (χ3n) is 7.53. The summed E-state index contributed by atoms with van der Waals surface area (Å²) in [5, 5.41) is 10.4. The lowest BCUT2D eigenvalue weighted by Gasteiger charge is -2.37. The van der Waals surface area contributed by atoms with Crippen LogP contribution in [0, 0.1) is 17.3 Å². The highest BCUT2D eigenvalue weighted by atomic mass is 16.6. The summed E-state index contributed by atoms with van der Waals surface area (Å²) in [7, 11) is 0. The smallest absolute Gasteiger partial charge is 0.416 e. The van der Waals surface area contributed by atoms with Crippen molar-refractivity contribution < 1.29 is 33.8 Å². The number of carboxylic acid groups (broad SMARTS) is 1. The van der Waals surface area contributed by atoms with Crippen molar-refractivity contribution in [2.45, 2.75) is 46.4 Å². The maximum atomic E-state index is 14.3. The van der Waals surface area contributed by atoms with Gasteiger partial charge in [-0.3, -0.25) is 9.59 Å². The summed E-state index contributed by atoms with van der Waals surface area (Å²) in [6.07, 6.45) is -1.17. The Morgan fingerprint density at radius 1 is 0.907 bits per heavy atom. The Hall–Kier alpha value is -4.66. The van der Waals surface area contributed by atoms with Crippen LogP contribution in [-0.2, 0) is 38.6 Å². The molecule has 0 saturated carbocycles. The first kappa shape index (κ1) is 31.3. The quantitative estimate of drug-likeness (QED) is 0.303. The molecule has 9 nitrogen and oxygen atoms in total. The average Bonchev–Trinajstić information content (AvgIpc) is 3.34. The van der Waals surface area contributed by atoms with E-state index in [4.69, 9.17) is 9.47 Å². The van der Waals surface area contributed by atoms with E-state index in [1.807, 2.05) is 91.0 Å². The Morgan fingerprint density at radius 3 is 1.98 bits per heavy atom. The summed E-state index contributed by atoms with van der Waals surface area (Å²) in [5.41, 5.74) is 1.57. The zero-order valence-electron chi connectivity index (χ0n) is 24.7. The van der Waals surface area contributed by atoms with Gasteiger partial charge in [-0.1, -0.05) is 112 Å². The lowest BCUT2D eigenvalue weighted by atomic mass is 9.72. The number of ether oxygens (including phenoxy) is 2. The summed E-state index contributed by atoms with van der Waals surface area (Å²) in [5.74, 6) is -4.39. The SMILES string of the molecule is CC(C)(C)C(C(=O)O)[C@H](CN(Cc1ccccc1)C(=O)OCc1ccccc1)C(=O)N1C(=O)OC[C@H]1Cc1ccccc1. The normalized spacial score (nSPS) is 16.2. The Bertz CT molecular complexity index is 1390. The van der Waals surface area contributed by atoms with Crippen molar-refractivity contribution in [3.05, 3.63) is 108 Å². The molecule has 1 N–H and O–H groups in total. The predicted octanol–water partition coefficient (Wildman–Crippen LogP) is 5.78. The van der Waals surface area contributed by atoms with E-state index in [2.05, 4.69) is 0 Å². The molecule has 226 valence electrons. The number of imide groups is 1. The fourth-order valence-electron chi connectivity index (χ4n) is 5.47. The highest BCUT2D eigenvalue weighted by Crippen LogP contribution is 2.36. The van der Waals surface area contributed by atoms with Crippen LogP contribution >= 0.6 is 0 Å². The van der Waals surface area contributed by atoms with Crippen molar-refractivity contribution in [2.75, 3.05) is 13.2 Å². The fraction of sp³-hybridized carbons (Fsp3) is 0.353. The van der Waals surface area contributed by atoms with Crippen LogP contribution < -0.4 is 0 Å². The third kappa shape index (κ3) is 8.22. The molecule has 3 amide bonds. The van der Waals surface area contributed by atoms with Crippen molar-refractivity contribution in [1.82, 2.24) is 9.80 Å². The monoisotopic (exact) mass is 586 g/mol. The zero-order chi connectivity index (χ0) is 31.0. The van der Waals surface area contributed by atoms with Gasteiger partial charge in [0.2, 0.25) is 5.91 Å². The Labute approximate surface area is 252 Å². The van der Waals surface area contributed by atoms with Gasteiger partial charge in [-0.25, -0.2) is 14.5 Å². The summed E-state index contributed by atoms with van der Waals surface area (Å²) >= 11 is 0. The molecule has 1 unspecified atom stereocenters. The van der Waals surface area contributed by atoms with Gasteiger partial charge >= 0.3 is 18.2 Å². The number of carboxylic acids is 1.